The van der Waals surface area contributed by atoms with E-state index < -0.39 is 0 Å². The topological polar surface area (TPSA) is 56.5 Å². The lowest BCUT2D eigenvalue weighted by molar-refractivity contribution is 1.08. The van der Waals surface area contributed by atoms with Gasteiger partial charge in [0, 0.05) is 57.7 Å². The van der Waals surface area contributed by atoms with Crippen LogP contribution in [0.1, 0.15) is 16.8 Å². The second-order valence-corrected chi connectivity index (χ2v) is 12.7. The van der Waals surface area contributed by atoms with Crippen molar-refractivity contribution in [2.45, 2.75) is 6.42 Å². The monoisotopic (exact) mass is 629 g/mol. The molecule has 0 saturated heterocycles. The zero-order chi connectivity index (χ0) is 30.9. The van der Waals surface area contributed by atoms with Crippen LogP contribution in [-0.4, -0.2) is 24.5 Å². The van der Waals surface area contributed by atoms with Crippen LogP contribution in [0.3, 0.4) is 0 Å². The van der Waals surface area contributed by atoms with Gasteiger partial charge in [-0.05, 0) is 65.1 Å². The first-order valence-corrected chi connectivity index (χ1v) is 16.7. The second-order valence-electron chi connectivity index (χ2n) is 10.9. The molecule has 0 spiro atoms. The highest BCUT2D eigenvalue weighted by atomic mass is 32.1. The van der Waals surface area contributed by atoms with E-state index in [1.807, 2.05) is 47.7 Å². The van der Waals surface area contributed by atoms with Gasteiger partial charge < -0.3 is 4.57 Å². The lowest BCUT2D eigenvalue weighted by Gasteiger charge is -2.14. The average molecular weight is 630 g/mol. The standard InChI is InChI=1S/C39H27N5S2/c1-26-8-4-2-7-11-31-32-15-12-27(28-13-16-34(42-24-28)38-40-18-20-45-38)22-36(32)44(30-9-5-3-6-10-30)37(31)23-33(26)29-14-17-35(43-25-29)39-41-19-21-46-39/h2-10,12-25H,1,11H2/b7-2-,8-4-,33-23+. The number of pyridine rings is 2. The van der Waals surface area contributed by atoms with Crippen LogP contribution in [0.15, 0.2) is 145 Å². The Balaban J connectivity index is 1.32. The predicted octanol–water partition coefficient (Wildman–Crippen LogP) is 10.1. The Hall–Kier alpha value is -5.50. The fourth-order valence-corrected chi connectivity index (χ4v) is 7.10. The summed E-state index contributed by atoms with van der Waals surface area (Å²) in [6, 6.07) is 25.6. The summed E-state index contributed by atoms with van der Waals surface area (Å²) in [6.45, 7) is 4.48. The lowest BCUT2D eigenvalue weighted by Crippen LogP contribution is -2.00. The number of para-hydroxylation sites is 1. The first kappa shape index (κ1) is 28.0. The molecule has 46 heavy (non-hydrogen) atoms. The summed E-state index contributed by atoms with van der Waals surface area (Å²) in [4.78, 5) is 18.4. The van der Waals surface area contributed by atoms with Gasteiger partial charge in [-0.1, -0.05) is 73.3 Å². The van der Waals surface area contributed by atoms with Crippen molar-refractivity contribution in [2.75, 3.05) is 0 Å². The number of hydrogen-bond donors (Lipinski definition) is 0. The fourth-order valence-electron chi connectivity index (χ4n) is 5.87. The average Bonchev–Trinajstić information content (AvgIpc) is 3.89. The van der Waals surface area contributed by atoms with E-state index in [4.69, 9.17) is 9.97 Å². The first-order valence-electron chi connectivity index (χ1n) is 14.9. The third kappa shape index (κ3) is 5.26. The van der Waals surface area contributed by atoms with Crippen molar-refractivity contribution in [2.24, 2.45) is 0 Å². The molecule has 0 unspecified atom stereocenters. The molecule has 0 fully saturated rings. The molecule has 7 heteroatoms. The van der Waals surface area contributed by atoms with Crippen LogP contribution in [0.4, 0.5) is 0 Å². The van der Waals surface area contributed by atoms with Crippen LogP contribution >= 0.6 is 22.7 Å². The quantitative estimate of drug-likeness (QED) is 0.190. The van der Waals surface area contributed by atoms with Gasteiger partial charge in [-0.3, -0.25) is 9.97 Å². The minimum absolute atomic E-state index is 0.789. The van der Waals surface area contributed by atoms with Crippen LogP contribution in [0.5, 0.6) is 0 Å². The summed E-state index contributed by atoms with van der Waals surface area (Å²) in [5, 5.41) is 6.99. The Morgan fingerprint density at radius 3 is 2.04 bits per heavy atom. The molecule has 1 aliphatic rings. The minimum atomic E-state index is 0.789. The van der Waals surface area contributed by atoms with Crippen molar-refractivity contribution < 1.29 is 0 Å². The summed E-state index contributed by atoms with van der Waals surface area (Å²) >= 11 is 3.18. The molecule has 5 heterocycles. The molecule has 5 aromatic heterocycles. The summed E-state index contributed by atoms with van der Waals surface area (Å²) in [6.07, 6.45) is 19.0. The van der Waals surface area contributed by atoms with Gasteiger partial charge in [0.25, 0.3) is 0 Å². The third-order valence-electron chi connectivity index (χ3n) is 8.10. The molecule has 0 saturated carbocycles. The molecular weight excluding hydrogens is 603 g/mol. The highest BCUT2D eigenvalue weighted by Crippen LogP contribution is 2.37. The van der Waals surface area contributed by atoms with E-state index in [2.05, 4.69) is 112 Å². The molecule has 0 aliphatic heterocycles. The van der Waals surface area contributed by atoms with E-state index in [0.29, 0.717) is 0 Å². The summed E-state index contributed by atoms with van der Waals surface area (Å²) in [5.41, 5.74) is 11.5. The molecular formula is C39H27N5S2. The molecule has 5 nitrogen and oxygen atoms in total. The fraction of sp³-hybridized carbons (Fsp3) is 0.0256. The largest absolute Gasteiger partial charge is 0.310 e. The molecule has 2 aromatic carbocycles. The first-order chi connectivity index (χ1) is 22.7. The molecule has 0 radical (unpaired) electrons. The van der Waals surface area contributed by atoms with E-state index in [1.165, 1.54) is 10.9 Å². The van der Waals surface area contributed by atoms with Gasteiger partial charge >= 0.3 is 0 Å². The SMILES string of the molecule is C=C1/C=C\C=C/Cc2c(n(-c3ccccc3)c3cc(-c4ccc(-c5nccs5)nc4)ccc23)/C=C\1c1ccc(-c2nccs2)nc1. The van der Waals surface area contributed by atoms with Gasteiger partial charge in [-0.2, -0.15) is 0 Å². The van der Waals surface area contributed by atoms with Crippen LogP contribution in [0.2, 0.25) is 0 Å². The zero-order valence-corrected chi connectivity index (χ0v) is 26.4. The number of rotatable bonds is 5. The number of hydrogen-bond acceptors (Lipinski definition) is 6. The van der Waals surface area contributed by atoms with Crippen molar-refractivity contribution in [1.29, 1.82) is 0 Å². The number of benzene rings is 2. The molecule has 8 rings (SSSR count). The number of thiazole rings is 2. The molecule has 0 atom stereocenters. The van der Waals surface area contributed by atoms with Gasteiger partial charge in [-0.25, -0.2) is 9.97 Å². The molecule has 0 N–H and O–H groups in total. The summed E-state index contributed by atoms with van der Waals surface area (Å²) in [7, 11) is 0. The second kappa shape index (κ2) is 12.1. The number of allylic oxidation sites excluding steroid dienone is 6. The summed E-state index contributed by atoms with van der Waals surface area (Å²) < 4.78 is 2.37. The van der Waals surface area contributed by atoms with Crippen LogP contribution < -0.4 is 0 Å². The maximum Gasteiger partial charge on any atom is 0.141 e. The molecule has 220 valence electrons. The maximum absolute atomic E-state index is 4.79. The van der Waals surface area contributed by atoms with Crippen LogP contribution in [0.25, 0.3) is 60.8 Å². The molecule has 0 amide bonds. The highest BCUT2D eigenvalue weighted by molar-refractivity contribution is 7.13. The number of fused-ring (bicyclic) bond motifs is 3. The Kier molecular flexibility index (Phi) is 7.38. The van der Waals surface area contributed by atoms with Crippen molar-refractivity contribution in [1.82, 2.24) is 24.5 Å². The maximum atomic E-state index is 4.79. The number of nitrogens with zero attached hydrogens (tertiary/aromatic N) is 5. The molecule has 7 aromatic rings. The smallest absolute Gasteiger partial charge is 0.141 e. The van der Waals surface area contributed by atoms with E-state index in [0.717, 1.165) is 72.6 Å². The summed E-state index contributed by atoms with van der Waals surface area (Å²) in [5.74, 6) is 0. The van der Waals surface area contributed by atoms with Gasteiger partial charge in [0.15, 0.2) is 0 Å². The highest BCUT2D eigenvalue weighted by Gasteiger charge is 2.20. The van der Waals surface area contributed by atoms with Crippen molar-refractivity contribution >= 4 is 45.2 Å². The Morgan fingerprint density at radius 1 is 0.696 bits per heavy atom. The van der Waals surface area contributed by atoms with Gasteiger partial charge in [0.2, 0.25) is 0 Å². The predicted molar refractivity (Wildman–Crippen MR) is 192 cm³/mol. The van der Waals surface area contributed by atoms with Gasteiger partial charge in [-0.15, -0.1) is 22.7 Å². The van der Waals surface area contributed by atoms with Gasteiger partial charge in [0.1, 0.15) is 10.0 Å². The normalized spacial score (nSPS) is 15.7. The van der Waals surface area contributed by atoms with E-state index in [-0.39, 0.29) is 0 Å². The van der Waals surface area contributed by atoms with Crippen molar-refractivity contribution in [3.63, 3.8) is 0 Å². The van der Waals surface area contributed by atoms with E-state index in [1.54, 1.807) is 22.7 Å². The van der Waals surface area contributed by atoms with Gasteiger partial charge in [0.05, 0.1) is 22.6 Å². The molecule has 0 bridgehead atoms. The van der Waals surface area contributed by atoms with Crippen molar-refractivity contribution in [3.8, 4) is 38.2 Å². The Labute approximate surface area is 274 Å². The minimum Gasteiger partial charge on any atom is -0.310 e. The Bertz CT molecular complexity index is 2260. The lowest BCUT2D eigenvalue weighted by atomic mass is 9.95. The number of aromatic nitrogens is 5. The van der Waals surface area contributed by atoms with Crippen LogP contribution in [0, 0.1) is 0 Å². The third-order valence-corrected chi connectivity index (χ3v) is 9.69. The van der Waals surface area contributed by atoms with E-state index >= 15 is 0 Å². The Morgan fingerprint density at radius 2 is 1.39 bits per heavy atom. The molecule has 1 aliphatic carbocycles. The van der Waals surface area contributed by atoms with Crippen LogP contribution in [-0.2, 0) is 6.42 Å². The van der Waals surface area contributed by atoms with Crippen molar-refractivity contribution in [3.05, 3.63) is 162 Å². The zero-order valence-electron chi connectivity index (χ0n) is 24.7. The van der Waals surface area contributed by atoms with E-state index in [9.17, 15) is 0 Å².